The van der Waals surface area contributed by atoms with Crippen LogP contribution >= 0.6 is 11.8 Å². The molecule has 1 atom stereocenters. The molecule has 0 aliphatic carbocycles. The molecule has 6 heteroatoms. The maximum absolute atomic E-state index is 12.1. The third kappa shape index (κ3) is 4.79. The number of furan rings is 1. The number of amides is 2. The first-order chi connectivity index (χ1) is 11.8. The van der Waals surface area contributed by atoms with E-state index >= 15 is 0 Å². The van der Waals surface area contributed by atoms with E-state index in [1.807, 2.05) is 36.0 Å². The SMILES string of the molecule is O=C(NCCCOCc1ccco1)NC1CCSc2ccccc21. The lowest BCUT2D eigenvalue weighted by atomic mass is 10.0. The average molecular weight is 346 g/mol. The highest BCUT2D eigenvalue weighted by Crippen LogP contribution is 2.35. The molecule has 5 nitrogen and oxygen atoms in total. The second-order valence-electron chi connectivity index (χ2n) is 5.61. The van der Waals surface area contributed by atoms with Crippen LogP contribution in [0.15, 0.2) is 52.0 Å². The summed E-state index contributed by atoms with van der Waals surface area (Å²) in [7, 11) is 0. The molecule has 0 saturated heterocycles. The van der Waals surface area contributed by atoms with Crippen molar-refractivity contribution in [3.05, 3.63) is 54.0 Å². The van der Waals surface area contributed by atoms with Gasteiger partial charge in [-0.25, -0.2) is 4.79 Å². The van der Waals surface area contributed by atoms with Gasteiger partial charge in [-0.05, 0) is 36.6 Å². The van der Waals surface area contributed by atoms with Gasteiger partial charge in [0, 0.05) is 23.8 Å². The first kappa shape index (κ1) is 16.9. The fraction of sp³-hybridized carbons (Fsp3) is 0.389. The summed E-state index contributed by atoms with van der Waals surface area (Å²) in [5, 5.41) is 5.96. The Bertz CT molecular complexity index is 645. The molecule has 0 fully saturated rings. The molecule has 0 saturated carbocycles. The molecule has 0 spiro atoms. The van der Waals surface area contributed by atoms with Gasteiger partial charge in [-0.1, -0.05) is 18.2 Å². The van der Waals surface area contributed by atoms with Gasteiger partial charge in [0.1, 0.15) is 12.4 Å². The Kier molecular flexibility index (Phi) is 6.20. The van der Waals surface area contributed by atoms with E-state index in [1.54, 1.807) is 6.26 Å². The molecule has 0 radical (unpaired) electrons. The zero-order valence-electron chi connectivity index (χ0n) is 13.5. The summed E-state index contributed by atoms with van der Waals surface area (Å²) >= 11 is 1.85. The third-order valence-corrected chi connectivity index (χ3v) is 4.96. The van der Waals surface area contributed by atoms with E-state index in [2.05, 4.69) is 22.8 Å². The molecule has 2 amide bonds. The molecule has 1 aromatic carbocycles. The van der Waals surface area contributed by atoms with Crippen molar-refractivity contribution in [1.29, 1.82) is 0 Å². The minimum Gasteiger partial charge on any atom is -0.467 e. The Balaban J connectivity index is 1.33. The molecule has 128 valence electrons. The van der Waals surface area contributed by atoms with Crippen LogP contribution in [0.2, 0.25) is 0 Å². The van der Waals surface area contributed by atoms with E-state index in [4.69, 9.17) is 9.15 Å². The number of benzene rings is 1. The maximum atomic E-state index is 12.1. The molecule has 1 aliphatic rings. The molecule has 1 unspecified atom stereocenters. The van der Waals surface area contributed by atoms with Gasteiger partial charge in [-0.2, -0.15) is 0 Å². The van der Waals surface area contributed by atoms with E-state index in [9.17, 15) is 4.79 Å². The molecular formula is C18H22N2O3S. The van der Waals surface area contributed by atoms with Gasteiger partial charge in [0.2, 0.25) is 0 Å². The number of hydrogen-bond acceptors (Lipinski definition) is 4. The van der Waals surface area contributed by atoms with Crippen molar-refractivity contribution in [2.24, 2.45) is 0 Å². The topological polar surface area (TPSA) is 63.5 Å². The second kappa shape index (κ2) is 8.80. The smallest absolute Gasteiger partial charge is 0.315 e. The van der Waals surface area contributed by atoms with E-state index in [0.717, 1.165) is 24.4 Å². The molecule has 24 heavy (non-hydrogen) atoms. The minimum atomic E-state index is -0.118. The quantitative estimate of drug-likeness (QED) is 0.750. The molecule has 2 aromatic rings. The molecule has 1 aromatic heterocycles. The van der Waals surface area contributed by atoms with Crippen molar-refractivity contribution >= 4 is 17.8 Å². The van der Waals surface area contributed by atoms with Crippen molar-refractivity contribution in [3.8, 4) is 0 Å². The van der Waals surface area contributed by atoms with Gasteiger partial charge >= 0.3 is 6.03 Å². The monoisotopic (exact) mass is 346 g/mol. The van der Waals surface area contributed by atoms with Crippen LogP contribution in [-0.4, -0.2) is 24.9 Å². The number of carbonyl (C=O) groups excluding carboxylic acids is 1. The summed E-state index contributed by atoms with van der Waals surface area (Å²) in [6.07, 6.45) is 3.36. The predicted molar refractivity (Wildman–Crippen MR) is 94.0 cm³/mol. The average Bonchev–Trinajstić information content (AvgIpc) is 3.12. The summed E-state index contributed by atoms with van der Waals surface area (Å²) in [6.45, 7) is 1.65. The number of hydrogen-bond donors (Lipinski definition) is 2. The van der Waals surface area contributed by atoms with Crippen molar-refractivity contribution in [2.45, 2.75) is 30.4 Å². The number of ether oxygens (including phenoxy) is 1. The van der Waals surface area contributed by atoms with Gasteiger partial charge in [-0.15, -0.1) is 11.8 Å². The highest BCUT2D eigenvalue weighted by Gasteiger charge is 2.21. The lowest BCUT2D eigenvalue weighted by Crippen LogP contribution is -2.39. The van der Waals surface area contributed by atoms with Crippen molar-refractivity contribution < 1.29 is 13.9 Å². The van der Waals surface area contributed by atoms with Gasteiger partial charge < -0.3 is 19.8 Å². The number of carbonyl (C=O) groups is 1. The standard InChI is InChI=1S/C18H22N2O3S/c21-18(19-9-4-10-22-13-14-5-3-11-23-14)20-16-8-12-24-17-7-2-1-6-15(16)17/h1-3,5-7,11,16H,4,8-10,12-13H2,(H2,19,20,21). The van der Waals surface area contributed by atoms with E-state index in [0.29, 0.717) is 19.8 Å². The van der Waals surface area contributed by atoms with Gasteiger partial charge in [0.15, 0.2) is 0 Å². The molecule has 2 N–H and O–H groups in total. The van der Waals surface area contributed by atoms with Crippen LogP contribution in [0.5, 0.6) is 0 Å². The molecule has 0 bridgehead atoms. The molecule has 2 heterocycles. The van der Waals surface area contributed by atoms with Crippen LogP contribution in [0.25, 0.3) is 0 Å². The Morgan fingerprint density at radius 2 is 2.21 bits per heavy atom. The predicted octanol–water partition coefficient (Wildman–Crippen LogP) is 3.72. The normalized spacial score (nSPS) is 16.4. The first-order valence-corrected chi connectivity index (χ1v) is 9.18. The van der Waals surface area contributed by atoms with Crippen LogP contribution in [0.1, 0.15) is 30.2 Å². The highest BCUT2D eigenvalue weighted by atomic mass is 32.2. The van der Waals surface area contributed by atoms with E-state index in [1.165, 1.54) is 10.5 Å². The van der Waals surface area contributed by atoms with Gasteiger partial charge in [-0.3, -0.25) is 0 Å². The molecule has 1 aliphatic heterocycles. The van der Waals surface area contributed by atoms with Crippen LogP contribution in [0.3, 0.4) is 0 Å². The number of nitrogens with one attached hydrogen (secondary N) is 2. The van der Waals surface area contributed by atoms with Crippen LogP contribution in [0.4, 0.5) is 4.79 Å². The summed E-state index contributed by atoms with van der Waals surface area (Å²) in [6, 6.07) is 12.0. The number of urea groups is 1. The Morgan fingerprint density at radius 3 is 3.08 bits per heavy atom. The van der Waals surface area contributed by atoms with Gasteiger partial charge in [0.25, 0.3) is 0 Å². The van der Waals surface area contributed by atoms with Crippen molar-refractivity contribution in [3.63, 3.8) is 0 Å². The lowest BCUT2D eigenvalue weighted by molar-refractivity contribution is 0.104. The zero-order valence-corrected chi connectivity index (χ0v) is 14.3. The van der Waals surface area contributed by atoms with Gasteiger partial charge in [0.05, 0.1) is 12.3 Å². The largest absolute Gasteiger partial charge is 0.467 e. The molecular weight excluding hydrogens is 324 g/mol. The second-order valence-corrected chi connectivity index (χ2v) is 6.75. The minimum absolute atomic E-state index is 0.0950. The van der Waals surface area contributed by atoms with Crippen molar-refractivity contribution in [2.75, 3.05) is 18.9 Å². The maximum Gasteiger partial charge on any atom is 0.315 e. The summed E-state index contributed by atoms with van der Waals surface area (Å²) in [5.74, 6) is 1.84. The summed E-state index contributed by atoms with van der Waals surface area (Å²) < 4.78 is 10.7. The van der Waals surface area contributed by atoms with E-state index < -0.39 is 0 Å². The molecule has 3 rings (SSSR count). The summed E-state index contributed by atoms with van der Waals surface area (Å²) in [5.41, 5.74) is 1.21. The lowest BCUT2D eigenvalue weighted by Gasteiger charge is -2.25. The zero-order chi connectivity index (χ0) is 16.6. The van der Waals surface area contributed by atoms with Crippen LogP contribution < -0.4 is 10.6 Å². The first-order valence-electron chi connectivity index (χ1n) is 8.19. The third-order valence-electron chi connectivity index (χ3n) is 3.84. The van der Waals surface area contributed by atoms with E-state index in [-0.39, 0.29) is 12.1 Å². The highest BCUT2D eigenvalue weighted by molar-refractivity contribution is 7.99. The Labute approximate surface area is 146 Å². The number of thioether (sulfide) groups is 1. The fourth-order valence-corrected chi connectivity index (χ4v) is 3.77. The number of rotatable bonds is 7. The van der Waals surface area contributed by atoms with Crippen LogP contribution in [0, 0.1) is 0 Å². The van der Waals surface area contributed by atoms with Crippen LogP contribution in [-0.2, 0) is 11.3 Å². The fourth-order valence-electron chi connectivity index (χ4n) is 2.64. The van der Waals surface area contributed by atoms with Crippen molar-refractivity contribution in [1.82, 2.24) is 10.6 Å². The Hall–Kier alpha value is -1.92. The summed E-state index contributed by atoms with van der Waals surface area (Å²) in [4.78, 5) is 13.3. The number of fused-ring (bicyclic) bond motifs is 1. The Morgan fingerprint density at radius 1 is 1.29 bits per heavy atom.